The normalized spacial score (nSPS) is 18.4. The van der Waals surface area contributed by atoms with E-state index in [1.54, 1.807) is 3.11 Å². The Kier molecular flexibility index (Phi) is 3.15. The smallest absolute Gasteiger partial charge is 0.239 e. The van der Waals surface area contributed by atoms with Crippen molar-refractivity contribution in [3.05, 3.63) is 11.3 Å². The van der Waals surface area contributed by atoms with Crippen LogP contribution in [0.5, 0.6) is 0 Å². The first-order chi connectivity index (χ1) is 5.57. The van der Waals surface area contributed by atoms with Gasteiger partial charge in [0, 0.05) is 5.70 Å². The second kappa shape index (κ2) is 3.77. The van der Waals surface area contributed by atoms with E-state index in [0.29, 0.717) is 12.3 Å². The van der Waals surface area contributed by atoms with E-state index < -0.39 is 0 Å². The van der Waals surface area contributed by atoms with Gasteiger partial charge in [-0.25, -0.2) is 0 Å². The lowest BCUT2D eigenvalue weighted by Gasteiger charge is -2.15. The van der Waals surface area contributed by atoms with Crippen molar-refractivity contribution in [1.82, 2.24) is 3.11 Å². The van der Waals surface area contributed by atoms with E-state index in [1.807, 2.05) is 0 Å². The Morgan fingerprint density at radius 1 is 1.58 bits per heavy atom. The van der Waals surface area contributed by atoms with Crippen LogP contribution in [0.25, 0.3) is 0 Å². The molecule has 0 bridgehead atoms. The maximum atomic E-state index is 11.3. The molecule has 0 aliphatic carbocycles. The molecule has 68 valence electrons. The topological polar surface area (TPSA) is 20.3 Å². The maximum Gasteiger partial charge on any atom is 0.239 e. The quantitative estimate of drug-likeness (QED) is 0.562. The summed E-state index contributed by atoms with van der Waals surface area (Å²) in [7, 11) is 0. The van der Waals surface area contributed by atoms with Crippen LogP contribution in [0.1, 0.15) is 33.6 Å². The highest BCUT2D eigenvalue weighted by Gasteiger charge is 2.28. The van der Waals surface area contributed by atoms with Gasteiger partial charge in [-0.05, 0) is 17.9 Å². The van der Waals surface area contributed by atoms with Crippen LogP contribution in [0.2, 0.25) is 0 Å². The summed E-state index contributed by atoms with van der Waals surface area (Å²) >= 11 is 2.10. The molecule has 0 unspecified atom stereocenters. The van der Waals surface area contributed by atoms with Crippen LogP contribution in [0.4, 0.5) is 0 Å². The van der Waals surface area contributed by atoms with Crippen molar-refractivity contribution in [3.63, 3.8) is 0 Å². The third kappa shape index (κ3) is 1.65. The Bertz CT molecular complexity index is 233. The number of carbonyl (C=O) groups is 1. The van der Waals surface area contributed by atoms with Gasteiger partial charge in [0.1, 0.15) is 0 Å². The van der Waals surface area contributed by atoms with Crippen LogP contribution in [-0.4, -0.2) is 9.02 Å². The molecule has 0 fully saturated rings. The van der Waals surface area contributed by atoms with E-state index in [2.05, 4.69) is 43.6 Å². The molecule has 0 radical (unpaired) electrons. The van der Waals surface area contributed by atoms with Crippen LogP contribution in [-0.2, 0) is 4.79 Å². The minimum Gasteiger partial charge on any atom is -0.273 e. The van der Waals surface area contributed by atoms with Crippen LogP contribution in [0.3, 0.4) is 0 Å². The average molecular weight is 279 g/mol. The summed E-state index contributed by atoms with van der Waals surface area (Å²) in [5.74, 6) is 0.694. The summed E-state index contributed by atoms with van der Waals surface area (Å²) in [6.07, 6.45) is 1.63. The molecule has 1 aliphatic heterocycles. The van der Waals surface area contributed by atoms with Crippen molar-refractivity contribution in [3.8, 4) is 0 Å². The van der Waals surface area contributed by atoms with Gasteiger partial charge in [-0.1, -0.05) is 20.8 Å². The molecule has 1 aliphatic rings. The Morgan fingerprint density at radius 2 is 2.17 bits per heavy atom. The third-order valence-electron chi connectivity index (χ3n) is 2.13. The summed E-state index contributed by atoms with van der Waals surface area (Å²) in [5, 5.41) is 0. The predicted molar refractivity (Wildman–Crippen MR) is 57.6 cm³/mol. The van der Waals surface area contributed by atoms with E-state index in [9.17, 15) is 4.79 Å². The molecule has 3 heteroatoms. The number of hydrogen-bond acceptors (Lipinski definition) is 1. The van der Waals surface area contributed by atoms with Crippen molar-refractivity contribution in [2.24, 2.45) is 5.92 Å². The number of rotatable bonds is 2. The summed E-state index contributed by atoms with van der Waals surface area (Å²) < 4.78 is 1.78. The largest absolute Gasteiger partial charge is 0.273 e. The monoisotopic (exact) mass is 279 g/mol. The fourth-order valence-corrected chi connectivity index (χ4v) is 2.63. The highest BCUT2D eigenvalue weighted by Crippen LogP contribution is 2.33. The van der Waals surface area contributed by atoms with Gasteiger partial charge in [0.15, 0.2) is 0 Å². The average Bonchev–Trinajstić information content (AvgIpc) is 2.28. The van der Waals surface area contributed by atoms with Crippen LogP contribution < -0.4 is 0 Å². The minimum absolute atomic E-state index is 0.233. The van der Waals surface area contributed by atoms with Crippen LogP contribution in [0.15, 0.2) is 11.3 Å². The molecular formula is C9H14INO. The zero-order valence-corrected chi connectivity index (χ0v) is 9.88. The Balaban J connectivity index is 2.95. The van der Waals surface area contributed by atoms with Gasteiger partial charge in [0.05, 0.1) is 29.3 Å². The molecule has 0 aromatic heterocycles. The van der Waals surface area contributed by atoms with Crippen molar-refractivity contribution < 1.29 is 4.79 Å². The second-order valence-corrected chi connectivity index (χ2v) is 4.31. The van der Waals surface area contributed by atoms with E-state index >= 15 is 0 Å². The molecule has 12 heavy (non-hydrogen) atoms. The molecule has 2 nitrogen and oxygen atoms in total. The van der Waals surface area contributed by atoms with Gasteiger partial charge < -0.3 is 0 Å². The van der Waals surface area contributed by atoms with Gasteiger partial charge >= 0.3 is 0 Å². The second-order valence-electron chi connectivity index (χ2n) is 3.35. The summed E-state index contributed by atoms with van der Waals surface area (Å²) in [6, 6.07) is 0. The van der Waals surface area contributed by atoms with Gasteiger partial charge in [-0.15, -0.1) is 0 Å². The Morgan fingerprint density at radius 3 is 2.50 bits per heavy atom. The zero-order valence-electron chi connectivity index (χ0n) is 7.72. The molecule has 0 atom stereocenters. The molecule has 0 aromatic carbocycles. The van der Waals surface area contributed by atoms with Gasteiger partial charge in [0.25, 0.3) is 0 Å². The van der Waals surface area contributed by atoms with Crippen LogP contribution in [0, 0.1) is 5.92 Å². The summed E-state index contributed by atoms with van der Waals surface area (Å²) in [5.41, 5.74) is 2.53. The zero-order chi connectivity index (χ0) is 9.30. The van der Waals surface area contributed by atoms with Crippen LogP contribution >= 0.6 is 22.9 Å². The van der Waals surface area contributed by atoms with Gasteiger partial charge in [-0.3, -0.25) is 7.91 Å². The molecule has 0 aromatic rings. The Labute approximate surface area is 87.5 Å². The molecular weight excluding hydrogens is 265 g/mol. The first-order valence-corrected chi connectivity index (χ1v) is 5.25. The van der Waals surface area contributed by atoms with Crippen molar-refractivity contribution in [2.45, 2.75) is 33.6 Å². The summed E-state index contributed by atoms with van der Waals surface area (Å²) in [6.45, 7) is 6.38. The molecule has 0 saturated carbocycles. The number of amides is 1. The van der Waals surface area contributed by atoms with E-state index in [4.69, 9.17) is 0 Å². The highest BCUT2D eigenvalue weighted by molar-refractivity contribution is 14.1. The van der Waals surface area contributed by atoms with Crippen molar-refractivity contribution >= 4 is 28.8 Å². The lowest BCUT2D eigenvalue weighted by Crippen LogP contribution is -2.15. The van der Waals surface area contributed by atoms with Crippen molar-refractivity contribution in [2.75, 3.05) is 0 Å². The fraction of sp³-hybridized carbons (Fsp3) is 0.667. The van der Waals surface area contributed by atoms with E-state index in [0.717, 1.165) is 6.42 Å². The first kappa shape index (κ1) is 10.0. The maximum absolute atomic E-state index is 11.3. The Hall–Kier alpha value is -0.0600. The number of hydrogen-bond donors (Lipinski definition) is 0. The standard InChI is InChI=1S/C9H14INO/c1-4-7-5-8(12)11(10)9(7)6(2)3/h6H,4-5H2,1-3H3. The lowest BCUT2D eigenvalue weighted by molar-refractivity contribution is -0.122. The number of halogens is 1. The first-order valence-electron chi connectivity index (χ1n) is 4.28. The number of allylic oxidation sites excluding steroid dienone is 1. The molecule has 1 rings (SSSR count). The summed E-state index contributed by atoms with van der Waals surface area (Å²) in [4.78, 5) is 11.3. The molecule has 0 N–H and O–H groups in total. The van der Waals surface area contributed by atoms with Gasteiger partial charge in [0.2, 0.25) is 5.91 Å². The molecule has 1 amide bonds. The van der Waals surface area contributed by atoms with Gasteiger partial charge in [-0.2, -0.15) is 0 Å². The SMILES string of the molecule is CCC1=C(C(C)C)N(I)C(=O)C1. The fourth-order valence-electron chi connectivity index (χ4n) is 1.56. The number of carbonyl (C=O) groups excluding carboxylic acids is 1. The van der Waals surface area contributed by atoms with E-state index in [-0.39, 0.29) is 5.91 Å². The third-order valence-corrected chi connectivity index (χ3v) is 3.19. The highest BCUT2D eigenvalue weighted by atomic mass is 127. The lowest BCUT2D eigenvalue weighted by atomic mass is 10.0. The van der Waals surface area contributed by atoms with Crippen molar-refractivity contribution in [1.29, 1.82) is 0 Å². The molecule has 0 spiro atoms. The number of nitrogens with zero attached hydrogens (tertiary/aromatic N) is 1. The minimum atomic E-state index is 0.233. The predicted octanol–water partition coefficient (Wildman–Crippen LogP) is 2.89. The molecule has 1 heterocycles. The van der Waals surface area contributed by atoms with E-state index in [1.165, 1.54) is 11.3 Å². The molecule has 0 saturated heterocycles.